The van der Waals surface area contributed by atoms with Crippen molar-refractivity contribution in [3.05, 3.63) is 39.4 Å². The highest BCUT2D eigenvalue weighted by atomic mass is 79.9. The summed E-state index contributed by atoms with van der Waals surface area (Å²) in [4.78, 5) is 30.5. The van der Waals surface area contributed by atoms with Crippen molar-refractivity contribution in [1.82, 2.24) is 14.5 Å². The number of likely N-dealkylation sites (N-methyl/N-ethyl adjacent to an activating group) is 1. The van der Waals surface area contributed by atoms with Crippen molar-refractivity contribution in [1.29, 1.82) is 0 Å². The number of benzene rings is 1. The van der Waals surface area contributed by atoms with Crippen LogP contribution in [0.15, 0.2) is 33.8 Å². The third kappa shape index (κ3) is 3.36. The van der Waals surface area contributed by atoms with E-state index >= 15 is 0 Å². The number of fused-ring (bicyclic) bond motifs is 1. The third-order valence-electron chi connectivity index (χ3n) is 4.24. The van der Waals surface area contributed by atoms with E-state index in [0.717, 1.165) is 4.47 Å². The molecule has 0 aliphatic carbocycles. The molecule has 1 fully saturated rings. The molecule has 1 aliphatic rings. The molecule has 2 aromatic rings. The van der Waals surface area contributed by atoms with Crippen molar-refractivity contribution in [2.24, 2.45) is 0 Å². The number of rotatable bonds is 3. The zero-order valence-electron chi connectivity index (χ0n) is 13.0. The van der Waals surface area contributed by atoms with Crippen molar-refractivity contribution >= 4 is 42.6 Å². The van der Waals surface area contributed by atoms with E-state index < -0.39 is 9.84 Å². The number of nitrogens with zero attached hydrogens (tertiary/aromatic N) is 3. The Kier molecular flexibility index (Phi) is 4.48. The average Bonchev–Trinajstić information content (AvgIpc) is 2.89. The smallest absolute Gasteiger partial charge is 0.261 e. The molecule has 0 radical (unpaired) electrons. The molecule has 1 amide bonds. The van der Waals surface area contributed by atoms with Crippen molar-refractivity contribution in [3.8, 4) is 0 Å². The minimum absolute atomic E-state index is 0.0208. The van der Waals surface area contributed by atoms with Crippen molar-refractivity contribution < 1.29 is 13.2 Å². The van der Waals surface area contributed by atoms with Crippen LogP contribution in [0.25, 0.3) is 10.9 Å². The summed E-state index contributed by atoms with van der Waals surface area (Å²) in [6, 6.07) is 4.85. The van der Waals surface area contributed by atoms with Gasteiger partial charge in [0, 0.05) is 17.6 Å². The summed E-state index contributed by atoms with van der Waals surface area (Å²) < 4.78 is 25.1. The number of carbonyl (C=O) groups is 1. The molecule has 1 aromatic carbocycles. The topological polar surface area (TPSA) is 89.3 Å². The maximum atomic E-state index is 12.5. The van der Waals surface area contributed by atoms with Gasteiger partial charge in [-0.1, -0.05) is 15.9 Å². The molecule has 24 heavy (non-hydrogen) atoms. The maximum absolute atomic E-state index is 12.5. The predicted molar refractivity (Wildman–Crippen MR) is 93.5 cm³/mol. The molecule has 128 valence electrons. The maximum Gasteiger partial charge on any atom is 0.261 e. The number of carbonyl (C=O) groups excluding carboxylic acids is 1. The minimum Gasteiger partial charge on any atom is -0.340 e. The van der Waals surface area contributed by atoms with Crippen molar-refractivity contribution in [3.63, 3.8) is 0 Å². The first-order valence-corrected chi connectivity index (χ1v) is 9.99. The predicted octanol–water partition coefficient (Wildman–Crippen LogP) is 0.804. The Balaban J connectivity index is 1.83. The summed E-state index contributed by atoms with van der Waals surface area (Å²) in [5.74, 6) is -0.233. The first kappa shape index (κ1) is 17.1. The van der Waals surface area contributed by atoms with Gasteiger partial charge in [-0.15, -0.1) is 0 Å². The Hall–Kier alpha value is -1.74. The van der Waals surface area contributed by atoms with E-state index in [1.165, 1.54) is 15.8 Å². The normalized spacial score (nSPS) is 19.5. The number of halogens is 1. The molecule has 1 aromatic heterocycles. The Morgan fingerprint density at radius 1 is 1.46 bits per heavy atom. The molecule has 3 rings (SSSR count). The van der Waals surface area contributed by atoms with E-state index in [-0.39, 0.29) is 35.6 Å². The van der Waals surface area contributed by atoms with Crippen molar-refractivity contribution in [2.75, 3.05) is 18.6 Å². The van der Waals surface area contributed by atoms with Crippen LogP contribution in [0.5, 0.6) is 0 Å². The molecule has 7 nitrogen and oxygen atoms in total. The largest absolute Gasteiger partial charge is 0.340 e. The van der Waals surface area contributed by atoms with E-state index in [0.29, 0.717) is 17.3 Å². The number of hydrogen-bond acceptors (Lipinski definition) is 5. The monoisotopic (exact) mass is 413 g/mol. The Bertz CT molecular complexity index is 970. The van der Waals surface area contributed by atoms with Crippen LogP contribution in [0, 0.1) is 0 Å². The highest BCUT2D eigenvalue weighted by molar-refractivity contribution is 9.10. The molecule has 1 atom stereocenters. The lowest BCUT2D eigenvalue weighted by Crippen LogP contribution is -2.41. The van der Waals surface area contributed by atoms with E-state index in [2.05, 4.69) is 20.9 Å². The van der Waals surface area contributed by atoms with Crippen LogP contribution < -0.4 is 5.56 Å². The van der Waals surface area contributed by atoms with Crippen LogP contribution in [0.3, 0.4) is 0 Å². The molecule has 0 N–H and O–H groups in total. The van der Waals surface area contributed by atoms with Crippen LogP contribution in [-0.4, -0.2) is 53.4 Å². The van der Waals surface area contributed by atoms with Gasteiger partial charge in [0.15, 0.2) is 9.84 Å². The second kappa shape index (κ2) is 6.29. The number of sulfone groups is 1. The summed E-state index contributed by atoms with van der Waals surface area (Å²) in [6.07, 6.45) is 1.78. The van der Waals surface area contributed by atoms with Crippen LogP contribution in [0.2, 0.25) is 0 Å². The summed E-state index contributed by atoms with van der Waals surface area (Å²) >= 11 is 3.31. The lowest BCUT2D eigenvalue weighted by Gasteiger charge is -2.23. The highest BCUT2D eigenvalue weighted by Gasteiger charge is 2.32. The van der Waals surface area contributed by atoms with Gasteiger partial charge in [-0.25, -0.2) is 13.4 Å². The van der Waals surface area contributed by atoms with E-state index in [1.54, 1.807) is 25.2 Å². The van der Waals surface area contributed by atoms with Gasteiger partial charge >= 0.3 is 0 Å². The quantitative estimate of drug-likeness (QED) is 0.742. The Morgan fingerprint density at radius 3 is 2.88 bits per heavy atom. The van der Waals surface area contributed by atoms with Gasteiger partial charge in [-0.2, -0.15) is 0 Å². The van der Waals surface area contributed by atoms with Crippen molar-refractivity contribution in [2.45, 2.75) is 19.0 Å². The van der Waals surface area contributed by atoms with E-state index in [4.69, 9.17) is 0 Å². The van der Waals surface area contributed by atoms with Crippen LogP contribution >= 0.6 is 15.9 Å². The van der Waals surface area contributed by atoms with Crippen LogP contribution in [0.1, 0.15) is 6.42 Å². The molecule has 9 heteroatoms. The van der Waals surface area contributed by atoms with Gasteiger partial charge in [0.2, 0.25) is 5.91 Å². The average molecular weight is 414 g/mol. The zero-order valence-corrected chi connectivity index (χ0v) is 15.4. The minimum atomic E-state index is -3.07. The van der Waals surface area contributed by atoms with E-state index in [1.807, 2.05) is 0 Å². The zero-order chi connectivity index (χ0) is 17.5. The second-order valence-electron chi connectivity index (χ2n) is 5.90. The van der Waals surface area contributed by atoms with Gasteiger partial charge < -0.3 is 4.90 Å². The third-order valence-corrected chi connectivity index (χ3v) is 6.48. The molecule has 1 saturated heterocycles. The Morgan fingerprint density at radius 2 is 2.21 bits per heavy atom. The summed E-state index contributed by atoms with van der Waals surface area (Å²) in [5.41, 5.74) is 0.254. The molecular formula is C15H16BrN3O4S. The molecule has 0 unspecified atom stereocenters. The Labute approximate surface area is 147 Å². The van der Waals surface area contributed by atoms with Gasteiger partial charge in [0.1, 0.15) is 6.54 Å². The van der Waals surface area contributed by atoms with Gasteiger partial charge in [0.05, 0.1) is 28.7 Å². The first-order valence-electron chi connectivity index (χ1n) is 7.37. The van der Waals surface area contributed by atoms with Crippen LogP contribution in [0.4, 0.5) is 0 Å². The van der Waals surface area contributed by atoms with Gasteiger partial charge in [-0.3, -0.25) is 14.2 Å². The SMILES string of the molecule is CN(C(=O)Cn1cnc2ccc(Br)cc2c1=O)[C@@H]1CCS(=O)(=O)C1. The summed E-state index contributed by atoms with van der Waals surface area (Å²) in [7, 11) is -1.50. The summed E-state index contributed by atoms with van der Waals surface area (Å²) in [5, 5.41) is 0.422. The fourth-order valence-corrected chi connectivity index (χ4v) is 4.92. The van der Waals surface area contributed by atoms with Gasteiger partial charge in [-0.05, 0) is 24.6 Å². The van der Waals surface area contributed by atoms with Gasteiger partial charge in [0.25, 0.3) is 5.56 Å². The second-order valence-corrected chi connectivity index (χ2v) is 9.04. The summed E-state index contributed by atoms with van der Waals surface area (Å²) in [6.45, 7) is -0.165. The molecule has 0 bridgehead atoms. The first-order chi connectivity index (χ1) is 11.3. The lowest BCUT2D eigenvalue weighted by atomic mass is 10.2. The fourth-order valence-electron chi connectivity index (χ4n) is 2.79. The van der Waals surface area contributed by atoms with E-state index in [9.17, 15) is 18.0 Å². The molecule has 0 spiro atoms. The highest BCUT2D eigenvalue weighted by Crippen LogP contribution is 2.17. The number of amides is 1. The van der Waals surface area contributed by atoms with Crippen LogP contribution in [-0.2, 0) is 21.2 Å². The molecule has 1 aliphatic heterocycles. The standard InChI is InChI=1S/C15H16BrN3O4S/c1-18(11-4-5-24(22,23)8-11)14(20)7-19-9-17-13-3-2-10(16)6-12(13)15(19)21/h2-3,6,9,11H,4-5,7-8H2,1H3/t11-/m1/s1. The molecule has 2 heterocycles. The lowest BCUT2D eigenvalue weighted by molar-refractivity contribution is -0.132. The fraction of sp³-hybridized carbons (Fsp3) is 0.400. The molecule has 0 saturated carbocycles. The number of aromatic nitrogens is 2. The molecular weight excluding hydrogens is 398 g/mol. The number of hydrogen-bond donors (Lipinski definition) is 0.